The van der Waals surface area contributed by atoms with E-state index in [1.165, 1.54) is 31.4 Å². The number of benzene rings is 2. The maximum absolute atomic E-state index is 13.3. The highest BCUT2D eigenvalue weighted by Gasteiger charge is 2.34. The largest absolute Gasteiger partial charge is 0.372 e. The number of carbonyl (C=O) groups excluding carboxylic acids is 2. The standard InChI is InChI=1S/C27H35N3O2/c1-20(2)17-26(31)30-19-22-10-6-5-9-21(22)18-25(30)27(32)28-23-11-13-24(14-12-23)29-15-7-3-4-8-16-29/h5-6,9-14,20,25H,3-4,7-8,15-19H2,1-2H3,(H,28,32). The van der Waals surface area contributed by atoms with Crippen molar-refractivity contribution in [2.75, 3.05) is 23.3 Å². The summed E-state index contributed by atoms with van der Waals surface area (Å²) >= 11 is 0. The number of nitrogens with zero attached hydrogens (tertiary/aromatic N) is 2. The maximum Gasteiger partial charge on any atom is 0.247 e. The summed E-state index contributed by atoms with van der Waals surface area (Å²) in [6, 6.07) is 15.8. The van der Waals surface area contributed by atoms with Crippen molar-refractivity contribution in [3.63, 3.8) is 0 Å². The van der Waals surface area contributed by atoms with Gasteiger partial charge in [-0.1, -0.05) is 51.0 Å². The third-order valence-electron chi connectivity index (χ3n) is 6.56. The Bertz CT molecular complexity index is 930. The number of anilines is 2. The van der Waals surface area contributed by atoms with Crippen LogP contribution in [0.3, 0.4) is 0 Å². The van der Waals surface area contributed by atoms with Gasteiger partial charge in [-0.15, -0.1) is 0 Å². The van der Waals surface area contributed by atoms with Crippen molar-refractivity contribution in [2.45, 2.75) is 65.0 Å². The zero-order valence-corrected chi connectivity index (χ0v) is 19.3. The second kappa shape index (κ2) is 10.2. The van der Waals surface area contributed by atoms with Gasteiger partial charge in [-0.25, -0.2) is 0 Å². The molecule has 1 saturated heterocycles. The second-order valence-corrected chi connectivity index (χ2v) is 9.55. The number of hydrogen-bond acceptors (Lipinski definition) is 3. The molecule has 0 radical (unpaired) electrons. The molecule has 2 aromatic rings. The van der Waals surface area contributed by atoms with E-state index in [9.17, 15) is 9.59 Å². The molecule has 2 amide bonds. The van der Waals surface area contributed by atoms with Crippen LogP contribution in [0, 0.1) is 5.92 Å². The van der Waals surface area contributed by atoms with E-state index in [4.69, 9.17) is 0 Å². The van der Waals surface area contributed by atoms with Gasteiger partial charge in [0.25, 0.3) is 0 Å². The SMILES string of the molecule is CC(C)CC(=O)N1Cc2ccccc2CC1C(=O)Nc1ccc(N2CCCCCC2)cc1. The van der Waals surface area contributed by atoms with Crippen LogP contribution in [0.2, 0.25) is 0 Å². The Hall–Kier alpha value is -2.82. The van der Waals surface area contributed by atoms with Crippen LogP contribution in [0.4, 0.5) is 11.4 Å². The molecule has 0 aromatic heterocycles. The van der Waals surface area contributed by atoms with Gasteiger partial charge in [-0.05, 0) is 54.2 Å². The summed E-state index contributed by atoms with van der Waals surface area (Å²) in [6.07, 6.45) is 6.10. The Labute approximate surface area is 191 Å². The van der Waals surface area contributed by atoms with Crippen molar-refractivity contribution < 1.29 is 9.59 Å². The summed E-state index contributed by atoms with van der Waals surface area (Å²) in [5.74, 6) is 0.195. The molecule has 2 aliphatic heterocycles. The number of fused-ring (bicyclic) bond motifs is 1. The molecule has 1 atom stereocenters. The molecule has 0 spiro atoms. The molecule has 2 heterocycles. The molecule has 2 aromatic carbocycles. The Morgan fingerprint density at radius 3 is 2.25 bits per heavy atom. The summed E-state index contributed by atoms with van der Waals surface area (Å²) in [6.45, 7) is 6.77. The molecule has 0 saturated carbocycles. The third kappa shape index (κ3) is 5.32. The van der Waals surface area contributed by atoms with E-state index >= 15 is 0 Å². The second-order valence-electron chi connectivity index (χ2n) is 9.55. The van der Waals surface area contributed by atoms with Crippen molar-refractivity contribution in [3.05, 3.63) is 59.7 Å². The highest BCUT2D eigenvalue weighted by Crippen LogP contribution is 2.27. The van der Waals surface area contributed by atoms with Gasteiger partial charge in [0, 0.05) is 43.9 Å². The minimum Gasteiger partial charge on any atom is -0.372 e. The summed E-state index contributed by atoms with van der Waals surface area (Å²) in [5, 5.41) is 3.07. The molecule has 0 bridgehead atoms. The fraction of sp³-hybridized carbons (Fsp3) is 0.481. The molecule has 170 valence electrons. The van der Waals surface area contributed by atoms with Gasteiger partial charge >= 0.3 is 0 Å². The van der Waals surface area contributed by atoms with Gasteiger partial charge in [0.15, 0.2) is 0 Å². The van der Waals surface area contributed by atoms with Crippen LogP contribution in [0.5, 0.6) is 0 Å². The quantitative estimate of drug-likeness (QED) is 0.722. The first-order valence-corrected chi connectivity index (χ1v) is 12.0. The van der Waals surface area contributed by atoms with E-state index in [0.717, 1.165) is 29.9 Å². The van der Waals surface area contributed by atoms with Gasteiger partial charge in [0.2, 0.25) is 11.8 Å². The average Bonchev–Trinajstić information content (AvgIpc) is 3.08. The van der Waals surface area contributed by atoms with Crippen molar-refractivity contribution in [2.24, 2.45) is 5.92 Å². The van der Waals surface area contributed by atoms with Crippen LogP contribution >= 0.6 is 0 Å². The summed E-state index contributed by atoms with van der Waals surface area (Å²) in [5.41, 5.74) is 4.28. The summed E-state index contributed by atoms with van der Waals surface area (Å²) in [7, 11) is 0. The van der Waals surface area contributed by atoms with Crippen LogP contribution in [0.25, 0.3) is 0 Å². The third-order valence-corrected chi connectivity index (χ3v) is 6.56. The first-order chi connectivity index (χ1) is 15.5. The lowest BCUT2D eigenvalue weighted by molar-refractivity contribution is -0.140. The van der Waals surface area contributed by atoms with E-state index < -0.39 is 6.04 Å². The van der Waals surface area contributed by atoms with Crippen LogP contribution < -0.4 is 10.2 Å². The lowest BCUT2D eigenvalue weighted by Crippen LogP contribution is -2.50. The molecular formula is C27H35N3O2. The van der Waals surface area contributed by atoms with Crippen molar-refractivity contribution in [1.82, 2.24) is 4.90 Å². The van der Waals surface area contributed by atoms with Crippen molar-refractivity contribution in [1.29, 1.82) is 0 Å². The number of nitrogens with one attached hydrogen (secondary N) is 1. The fourth-order valence-electron chi connectivity index (χ4n) is 4.80. The minimum absolute atomic E-state index is 0.0474. The molecule has 5 heteroatoms. The normalized spacial score (nSPS) is 18.8. The number of rotatable bonds is 5. The monoisotopic (exact) mass is 433 g/mol. The fourth-order valence-corrected chi connectivity index (χ4v) is 4.80. The molecule has 0 aliphatic carbocycles. The maximum atomic E-state index is 13.3. The van der Waals surface area contributed by atoms with Gasteiger partial charge in [0.1, 0.15) is 6.04 Å². The van der Waals surface area contributed by atoms with E-state index in [-0.39, 0.29) is 17.7 Å². The Morgan fingerprint density at radius 2 is 1.59 bits per heavy atom. The highest BCUT2D eigenvalue weighted by molar-refractivity contribution is 5.97. The van der Waals surface area contributed by atoms with E-state index in [0.29, 0.717) is 19.4 Å². The molecule has 4 rings (SSSR count). The number of hydrogen-bond donors (Lipinski definition) is 1. The van der Waals surface area contributed by atoms with E-state index in [1.807, 2.05) is 38.1 Å². The Kier molecular flexibility index (Phi) is 7.13. The lowest BCUT2D eigenvalue weighted by atomic mass is 9.92. The molecule has 5 nitrogen and oxygen atoms in total. The number of carbonyl (C=O) groups is 2. The summed E-state index contributed by atoms with van der Waals surface area (Å²) < 4.78 is 0. The first kappa shape index (κ1) is 22.4. The van der Waals surface area contributed by atoms with Crippen LogP contribution in [0.1, 0.15) is 57.1 Å². The van der Waals surface area contributed by atoms with Gasteiger partial charge in [0.05, 0.1) is 0 Å². The first-order valence-electron chi connectivity index (χ1n) is 12.0. The molecule has 1 N–H and O–H groups in total. The van der Waals surface area contributed by atoms with E-state index in [2.05, 4.69) is 34.5 Å². The van der Waals surface area contributed by atoms with Crippen LogP contribution in [-0.2, 0) is 22.6 Å². The summed E-state index contributed by atoms with van der Waals surface area (Å²) in [4.78, 5) is 30.5. The average molecular weight is 434 g/mol. The van der Waals surface area contributed by atoms with Crippen molar-refractivity contribution >= 4 is 23.2 Å². The molecule has 1 unspecified atom stereocenters. The Balaban J connectivity index is 1.48. The smallest absolute Gasteiger partial charge is 0.247 e. The van der Waals surface area contributed by atoms with E-state index in [1.54, 1.807) is 4.90 Å². The molecular weight excluding hydrogens is 398 g/mol. The van der Waals surface area contributed by atoms with Crippen LogP contribution in [0.15, 0.2) is 48.5 Å². The van der Waals surface area contributed by atoms with Gasteiger partial charge < -0.3 is 15.1 Å². The highest BCUT2D eigenvalue weighted by atomic mass is 16.2. The molecule has 2 aliphatic rings. The van der Waals surface area contributed by atoms with Gasteiger partial charge in [-0.2, -0.15) is 0 Å². The minimum atomic E-state index is -0.485. The topological polar surface area (TPSA) is 52.7 Å². The lowest BCUT2D eigenvalue weighted by Gasteiger charge is -2.36. The number of amides is 2. The predicted octanol–water partition coefficient (Wildman–Crippen LogP) is 5.01. The predicted molar refractivity (Wildman–Crippen MR) is 130 cm³/mol. The zero-order chi connectivity index (χ0) is 22.5. The molecule has 32 heavy (non-hydrogen) atoms. The Morgan fingerprint density at radius 1 is 0.938 bits per heavy atom. The molecule has 1 fully saturated rings. The van der Waals surface area contributed by atoms with Crippen molar-refractivity contribution in [3.8, 4) is 0 Å². The van der Waals surface area contributed by atoms with Crippen LogP contribution in [-0.4, -0.2) is 35.8 Å². The zero-order valence-electron chi connectivity index (χ0n) is 19.3. The van der Waals surface area contributed by atoms with Gasteiger partial charge in [-0.3, -0.25) is 9.59 Å².